The van der Waals surface area contributed by atoms with E-state index in [1.165, 1.54) is 39.9 Å². The third kappa shape index (κ3) is 5.70. The van der Waals surface area contributed by atoms with Crippen molar-refractivity contribution in [2.75, 3.05) is 20.8 Å². The quantitative estimate of drug-likeness (QED) is 0.682. The van der Waals surface area contributed by atoms with Gasteiger partial charge in [-0.2, -0.15) is 0 Å². The lowest BCUT2D eigenvalue weighted by molar-refractivity contribution is -0.156. The molecule has 0 saturated heterocycles. The van der Waals surface area contributed by atoms with Gasteiger partial charge in [0.1, 0.15) is 0 Å². The predicted molar refractivity (Wildman–Crippen MR) is 94.9 cm³/mol. The van der Waals surface area contributed by atoms with Crippen molar-refractivity contribution < 1.29 is 23.8 Å². The van der Waals surface area contributed by atoms with Gasteiger partial charge >= 0.3 is 11.9 Å². The van der Waals surface area contributed by atoms with Crippen LogP contribution in [0.1, 0.15) is 58.8 Å². The van der Waals surface area contributed by atoms with Gasteiger partial charge in [0.25, 0.3) is 0 Å². The van der Waals surface area contributed by atoms with Gasteiger partial charge < -0.3 is 14.2 Å². The molecule has 0 radical (unpaired) electrons. The van der Waals surface area contributed by atoms with E-state index >= 15 is 0 Å². The second-order valence-electron chi connectivity index (χ2n) is 8.13. The molecule has 0 aromatic carbocycles. The summed E-state index contributed by atoms with van der Waals surface area (Å²) in [6, 6.07) is 0. The molecule has 25 heavy (non-hydrogen) atoms. The molecule has 2 saturated carbocycles. The molecule has 0 spiro atoms. The summed E-state index contributed by atoms with van der Waals surface area (Å²) in [5.74, 6) is 1.17. The number of carbonyl (C=O) groups is 2. The Labute approximate surface area is 151 Å². The molecule has 2 aliphatic carbocycles. The molecule has 144 valence electrons. The van der Waals surface area contributed by atoms with Gasteiger partial charge in [-0.15, -0.1) is 0 Å². The largest absolute Gasteiger partial charge is 0.469 e. The Bertz CT molecular complexity index is 415. The van der Waals surface area contributed by atoms with Crippen molar-refractivity contribution in [2.24, 2.45) is 29.6 Å². The number of rotatable bonds is 6. The van der Waals surface area contributed by atoms with E-state index in [-0.39, 0.29) is 29.9 Å². The first kappa shape index (κ1) is 20.2. The predicted octanol–water partition coefficient (Wildman–Crippen LogP) is 3.60. The summed E-state index contributed by atoms with van der Waals surface area (Å²) in [7, 11) is 2.79. The topological polar surface area (TPSA) is 61.8 Å². The van der Waals surface area contributed by atoms with Crippen LogP contribution in [-0.2, 0) is 23.8 Å². The van der Waals surface area contributed by atoms with E-state index in [1.54, 1.807) is 0 Å². The minimum Gasteiger partial charge on any atom is -0.469 e. The second kappa shape index (κ2) is 9.56. The highest BCUT2D eigenvalue weighted by Crippen LogP contribution is 2.36. The Hall–Kier alpha value is -1.10. The summed E-state index contributed by atoms with van der Waals surface area (Å²) in [5, 5.41) is 0. The molecule has 2 rings (SSSR count). The summed E-state index contributed by atoms with van der Waals surface area (Å²) in [6.07, 6.45) is 6.72. The molecule has 0 aliphatic heterocycles. The van der Waals surface area contributed by atoms with Crippen LogP contribution in [0.3, 0.4) is 0 Å². The lowest BCUT2D eigenvalue weighted by Crippen LogP contribution is -2.37. The normalized spacial score (nSPS) is 33.1. The van der Waals surface area contributed by atoms with E-state index in [0.717, 1.165) is 18.4 Å². The molecule has 0 aromatic rings. The van der Waals surface area contributed by atoms with E-state index in [1.807, 2.05) is 0 Å². The van der Waals surface area contributed by atoms with Gasteiger partial charge in [0.05, 0.1) is 32.2 Å². The van der Waals surface area contributed by atoms with Crippen molar-refractivity contribution in [3.63, 3.8) is 0 Å². The molecule has 0 bridgehead atoms. The van der Waals surface area contributed by atoms with Crippen LogP contribution in [0.25, 0.3) is 0 Å². The molecule has 2 aliphatic rings. The molecular formula is C20H34O5. The van der Waals surface area contributed by atoms with Crippen LogP contribution >= 0.6 is 0 Å². The fourth-order valence-electron chi connectivity index (χ4n) is 4.41. The van der Waals surface area contributed by atoms with Gasteiger partial charge in [-0.3, -0.25) is 9.59 Å². The van der Waals surface area contributed by atoms with Crippen molar-refractivity contribution in [3.05, 3.63) is 0 Å². The Balaban J connectivity index is 1.85. The van der Waals surface area contributed by atoms with E-state index < -0.39 is 0 Å². The summed E-state index contributed by atoms with van der Waals surface area (Å²) in [4.78, 5) is 23.9. The summed E-state index contributed by atoms with van der Waals surface area (Å²) in [6.45, 7) is 5.35. The molecule has 2 fully saturated rings. The zero-order valence-corrected chi connectivity index (χ0v) is 16.2. The van der Waals surface area contributed by atoms with Crippen LogP contribution in [0.5, 0.6) is 0 Å². The third-order valence-electron chi connectivity index (χ3n) is 6.13. The van der Waals surface area contributed by atoms with Crippen molar-refractivity contribution in [1.82, 2.24) is 0 Å². The molecule has 0 heterocycles. The highest BCUT2D eigenvalue weighted by molar-refractivity contribution is 5.76. The van der Waals surface area contributed by atoms with E-state index in [9.17, 15) is 9.59 Å². The summed E-state index contributed by atoms with van der Waals surface area (Å²) >= 11 is 0. The van der Waals surface area contributed by atoms with Crippen LogP contribution in [-0.4, -0.2) is 38.9 Å². The maximum Gasteiger partial charge on any atom is 0.308 e. The fraction of sp³-hybridized carbons (Fsp3) is 0.900. The van der Waals surface area contributed by atoms with E-state index in [2.05, 4.69) is 13.8 Å². The molecule has 5 nitrogen and oxygen atoms in total. The van der Waals surface area contributed by atoms with E-state index in [0.29, 0.717) is 25.2 Å². The zero-order chi connectivity index (χ0) is 18.4. The van der Waals surface area contributed by atoms with Crippen LogP contribution in [0.4, 0.5) is 0 Å². The molecule has 0 N–H and O–H groups in total. The molecule has 2 atom stereocenters. The van der Waals surface area contributed by atoms with E-state index in [4.69, 9.17) is 14.2 Å². The van der Waals surface area contributed by atoms with Crippen molar-refractivity contribution in [2.45, 2.75) is 64.9 Å². The number of carbonyl (C=O) groups excluding carboxylic acids is 2. The molecule has 0 aromatic heterocycles. The minimum absolute atomic E-state index is 0.0650. The van der Waals surface area contributed by atoms with Crippen molar-refractivity contribution in [3.8, 4) is 0 Å². The highest BCUT2D eigenvalue weighted by atomic mass is 16.5. The molecule has 5 heteroatoms. The SMILES string of the molecule is COC(=O)C1CC(OCC2CCC(C(C)C)CC2)CC(C(=O)OC)C1. The number of methoxy groups -OCH3 is 2. The van der Waals surface area contributed by atoms with Gasteiger partial charge in [0.2, 0.25) is 0 Å². The molecular weight excluding hydrogens is 320 g/mol. The Morgan fingerprint density at radius 3 is 1.84 bits per heavy atom. The van der Waals surface area contributed by atoms with Crippen LogP contribution < -0.4 is 0 Å². The number of hydrogen-bond acceptors (Lipinski definition) is 5. The Kier molecular flexibility index (Phi) is 7.73. The monoisotopic (exact) mass is 354 g/mol. The van der Waals surface area contributed by atoms with Gasteiger partial charge in [-0.25, -0.2) is 0 Å². The lowest BCUT2D eigenvalue weighted by atomic mass is 9.77. The molecule has 0 amide bonds. The fourth-order valence-corrected chi connectivity index (χ4v) is 4.41. The number of ether oxygens (including phenoxy) is 3. The smallest absolute Gasteiger partial charge is 0.308 e. The first-order chi connectivity index (χ1) is 11.9. The van der Waals surface area contributed by atoms with Gasteiger partial charge in [-0.1, -0.05) is 13.8 Å². The van der Waals surface area contributed by atoms with Gasteiger partial charge in [0.15, 0.2) is 0 Å². The van der Waals surface area contributed by atoms with Crippen molar-refractivity contribution >= 4 is 11.9 Å². The zero-order valence-electron chi connectivity index (χ0n) is 16.2. The highest BCUT2D eigenvalue weighted by Gasteiger charge is 2.38. The average Bonchev–Trinajstić information content (AvgIpc) is 2.65. The number of hydrogen-bond donors (Lipinski definition) is 0. The standard InChI is InChI=1S/C20H34O5/c1-13(2)15-7-5-14(6-8-15)12-25-18-10-16(19(21)23-3)9-17(11-18)20(22)24-4/h13-18H,5-12H2,1-4H3. The minimum atomic E-state index is -0.274. The van der Waals surface area contributed by atoms with Crippen LogP contribution in [0, 0.1) is 29.6 Å². The third-order valence-corrected chi connectivity index (χ3v) is 6.13. The summed E-state index contributed by atoms with van der Waals surface area (Å²) in [5.41, 5.74) is 0. The maximum atomic E-state index is 11.9. The Morgan fingerprint density at radius 1 is 0.880 bits per heavy atom. The van der Waals surface area contributed by atoms with Crippen LogP contribution in [0.2, 0.25) is 0 Å². The Morgan fingerprint density at radius 2 is 1.40 bits per heavy atom. The first-order valence-electron chi connectivity index (χ1n) is 9.71. The lowest BCUT2D eigenvalue weighted by Gasteiger charge is -2.35. The van der Waals surface area contributed by atoms with Gasteiger partial charge in [-0.05, 0) is 62.7 Å². The van der Waals surface area contributed by atoms with Crippen LogP contribution in [0.15, 0.2) is 0 Å². The summed E-state index contributed by atoms with van der Waals surface area (Å²) < 4.78 is 15.9. The van der Waals surface area contributed by atoms with Crippen molar-refractivity contribution in [1.29, 1.82) is 0 Å². The van der Waals surface area contributed by atoms with Gasteiger partial charge in [0, 0.05) is 6.61 Å². The number of esters is 2. The molecule has 2 unspecified atom stereocenters. The maximum absolute atomic E-state index is 11.9. The second-order valence-corrected chi connectivity index (χ2v) is 8.13. The first-order valence-corrected chi connectivity index (χ1v) is 9.71. The average molecular weight is 354 g/mol.